The van der Waals surface area contributed by atoms with Crippen molar-refractivity contribution in [3.05, 3.63) is 103 Å². The normalized spacial score (nSPS) is 12.3. The molecule has 0 aliphatic carbocycles. The second kappa shape index (κ2) is 11.2. The Hall–Kier alpha value is -2.25. The van der Waals surface area contributed by atoms with E-state index in [4.69, 9.17) is 9.47 Å². The standard InChI is InChI=1S/C27H32O2P/c1-4-28-27(29-5-2)21-23(3)22-30(24-15-9-6-10-16-24,25-17-11-7-12-18-25)26-19-13-8-14-20-26/h6-21,27H,4-5,22H2,1-3H3/q+1. The quantitative estimate of drug-likeness (QED) is 0.251. The molecule has 0 aromatic heterocycles. The van der Waals surface area contributed by atoms with Gasteiger partial charge in [-0.3, -0.25) is 0 Å². The fraction of sp³-hybridized carbons (Fsp3) is 0.259. The van der Waals surface area contributed by atoms with Gasteiger partial charge in [0.15, 0.2) is 6.29 Å². The lowest BCUT2D eigenvalue weighted by molar-refractivity contribution is -0.104. The van der Waals surface area contributed by atoms with E-state index in [0.717, 1.165) is 6.16 Å². The van der Waals surface area contributed by atoms with Crippen LogP contribution in [0.4, 0.5) is 0 Å². The molecule has 0 saturated carbocycles. The summed E-state index contributed by atoms with van der Waals surface area (Å²) in [6.45, 7) is 7.47. The van der Waals surface area contributed by atoms with E-state index in [2.05, 4.69) is 104 Å². The van der Waals surface area contributed by atoms with Crippen LogP contribution < -0.4 is 15.9 Å². The van der Waals surface area contributed by atoms with E-state index in [-0.39, 0.29) is 6.29 Å². The summed E-state index contributed by atoms with van der Waals surface area (Å²) < 4.78 is 11.6. The Balaban J connectivity index is 2.16. The first-order chi connectivity index (χ1) is 14.7. The summed E-state index contributed by atoms with van der Waals surface area (Å²) in [7, 11) is -1.88. The maximum Gasteiger partial charge on any atom is 0.177 e. The molecule has 3 rings (SSSR count). The van der Waals surface area contributed by atoms with Crippen LogP contribution in [0, 0.1) is 0 Å². The van der Waals surface area contributed by atoms with Gasteiger partial charge in [0.05, 0.1) is 6.16 Å². The minimum Gasteiger partial charge on any atom is -0.349 e. The zero-order chi connectivity index (χ0) is 21.2. The van der Waals surface area contributed by atoms with Gasteiger partial charge in [-0.05, 0) is 68.8 Å². The molecule has 0 atom stereocenters. The van der Waals surface area contributed by atoms with Gasteiger partial charge >= 0.3 is 0 Å². The molecule has 3 heteroatoms. The van der Waals surface area contributed by atoms with Crippen molar-refractivity contribution in [2.45, 2.75) is 27.1 Å². The van der Waals surface area contributed by atoms with Gasteiger partial charge in [0.25, 0.3) is 0 Å². The summed E-state index contributed by atoms with van der Waals surface area (Å²) in [5, 5.41) is 4.17. The average Bonchev–Trinajstić information content (AvgIpc) is 2.79. The number of hydrogen-bond acceptors (Lipinski definition) is 2. The molecule has 0 aliphatic rings. The van der Waals surface area contributed by atoms with E-state index in [9.17, 15) is 0 Å². The monoisotopic (exact) mass is 419 g/mol. The molecule has 156 valence electrons. The van der Waals surface area contributed by atoms with Gasteiger partial charge in [0.2, 0.25) is 0 Å². The number of ether oxygens (including phenoxy) is 2. The van der Waals surface area contributed by atoms with E-state index < -0.39 is 7.26 Å². The molecule has 0 fully saturated rings. The molecule has 0 N–H and O–H groups in total. The smallest absolute Gasteiger partial charge is 0.177 e. The molecule has 0 spiro atoms. The molecule has 3 aromatic carbocycles. The van der Waals surface area contributed by atoms with E-state index in [0.29, 0.717) is 13.2 Å². The minimum atomic E-state index is -1.88. The van der Waals surface area contributed by atoms with Gasteiger partial charge in [-0.1, -0.05) is 54.6 Å². The lowest BCUT2D eigenvalue weighted by atomic mass is 10.3. The first kappa shape index (κ1) is 22.4. The molecule has 0 aliphatic heterocycles. The average molecular weight is 420 g/mol. The topological polar surface area (TPSA) is 18.5 Å². The summed E-state index contributed by atoms with van der Waals surface area (Å²) >= 11 is 0. The van der Waals surface area contributed by atoms with Crippen molar-refractivity contribution in [1.29, 1.82) is 0 Å². The third-order valence-electron chi connectivity index (χ3n) is 5.16. The Kier molecular flexibility index (Phi) is 8.39. The largest absolute Gasteiger partial charge is 0.349 e. The van der Waals surface area contributed by atoms with Gasteiger partial charge in [-0.2, -0.15) is 0 Å². The van der Waals surface area contributed by atoms with Crippen molar-refractivity contribution in [3.63, 3.8) is 0 Å². The second-order valence-electron chi connectivity index (χ2n) is 7.27. The third kappa shape index (κ3) is 5.26. The van der Waals surface area contributed by atoms with E-state index in [1.807, 2.05) is 13.8 Å². The molecule has 0 radical (unpaired) electrons. The highest BCUT2D eigenvalue weighted by molar-refractivity contribution is 7.95. The summed E-state index contributed by atoms with van der Waals surface area (Å²) in [6, 6.07) is 32.9. The first-order valence-electron chi connectivity index (χ1n) is 10.7. The fourth-order valence-electron chi connectivity index (χ4n) is 3.90. The molecule has 0 saturated heterocycles. The minimum absolute atomic E-state index is 0.302. The molecule has 0 amide bonds. The molecule has 2 nitrogen and oxygen atoms in total. The van der Waals surface area contributed by atoms with Crippen LogP contribution >= 0.6 is 7.26 Å². The Morgan fingerprint density at radius 1 is 0.700 bits per heavy atom. The lowest BCUT2D eigenvalue weighted by Crippen LogP contribution is -2.34. The van der Waals surface area contributed by atoms with Crippen LogP contribution in [0.25, 0.3) is 0 Å². The summed E-state index contributed by atoms with van der Waals surface area (Å²) in [6.07, 6.45) is 2.79. The van der Waals surface area contributed by atoms with E-state index in [1.165, 1.54) is 21.5 Å². The summed E-state index contributed by atoms with van der Waals surface area (Å²) in [4.78, 5) is 0. The Morgan fingerprint density at radius 3 is 1.40 bits per heavy atom. The van der Waals surface area contributed by atoms with Crippen molar-refractivity contribution in [2.24, 2.45) is 0 Å². The van der Waals surface area contributed by atoms with E-state index >= 15 is 0 Å². The van der Waals surface area contributed by atoms with Gasteiger partial charge < -0.3 is 9.47 Å². The Morgan fingerprint density at radius 2 is 1.07 bits per heavy atom. The van der Waals surface area contributed by atoms with Crippen molar-refractivity contribution < 1.29 is 9.47 Å². The van der Waals surface area contributed by atoms with Crippen LogP contribution in [0.1, 0.15) is 20.8 Å². The lowest BCUT2D eigenvalue weighted by Gasteiger charge is -2.28. The predicted molar refractivity (Wildman–Crippen MR) is 131 cm³/mol. The van der Waals surface area contributed by atoms with Crippen LogP contribution in [0.5, 0.6) is 0 Å². The first-order valence-corrected chi connectivity index (χ1v) is 12.6. The van der Waals surface area contributed by atoms with Crippen molar-refractivity contribution in [3.8, 4) is 0 Å². The molecule has 30 heavy (non-hydrogen) atoms. The molecular formula is C27H32O2P+. The number of hydrogen-bond donors (Lipinski definition) is 0. The SMILES string of the molecule is CCOC(C=C(C)C[P+](c1ccccc1)(c1ccccc1)c1ccccc1)OCC. The Labute approximate surface area is 181 Å². The van der Waals surface area contributed by atoms with Crippen LogP contribution in [0.2, 0.25) is 0 Å². The van der Waals surface area contributed by atoms with Gasteiger partial charge in [-0.15, -0.1) is 0 Å². The predicted octanol–water partition coefficient (Wildman–Crippen LogP) is 5.33. The number of rotatable bonds is 10. The third-order valence-corrected chi connectivity index (χ3v) is 9.67. The molecule has 0 bridgehead atoms. The molecule has 0 unspecified atom stereocenters. The highest BCUT2D eigenvalue weighted by Crippen LogP contribution is 2.56. The van der Waals surface area contributed by atoms with Crippen molar-refractivity contribution in [1.82, 2.24) is 0 Å². The highest BCUT2D eigenvalue weighted by Gasteiger charge is 2.45. The maximum absolute atomic E-state index is 5.80. The zero-order valence-corrected chi connectivity index (χ0v) is 19.1. The van der Waals surface area contributed by atoms with Gasteiger partial charge in [-0.25, -0.2) is 0 Å². The van der Waals surface area contributed by atoms with Gasteiger partial charge in [0, 0.05) is 13.2 Å². The Bertz CT molecular complexity index is 805. The zero-order valence-electron chi connectivity index (χ0n) is 18.2. The van der Waals surface area contributed by atoms with Crippen LogP contribution in [0.3, 0.4) is 0 Å². The van der Waals surface area contributed by atoms with Gasteiger partial charge in [0.1, 0.15) is 23.2 Å². The molecular weight excluding hydrogens is 387 g/mol. The van der Waals surface area contributed by atoms with Crippen LogP contribution in [0.15, 0.2) is 103 Å². The second-order valence-corrected chi connectivity index (χ2v) is 10.8. The fourth-order valence-corrected chi connectivity index (χ4v) is 8.24. The number of benzene rings is 3. The van der Waals surface area contributed by atoms with Crippen molar-refractivity contribution >= 4 is 23.2 Å². The van der Waals surface area contributed by atoms with Crippen LogP contribution in [-0.2, 0) is 9.47 Å². The summed E-state index contributed by atoms with van der Waals surface area (Å²) in [5.41, 5.74) is 1.28. The molecule has 3 aromatic rings. The maximum atomic E-state index is 5.80. The highest BCUT2D eigenvalue weighted by atomic mass is 31.2. The molecule has 0 heterocycles. The van der Waals surface area contributed by atoms with Crippen LogP contribution in [-0.4, -0.2) is 25.7 Å². The van der Waals surface area contributed by atoms with E-state index in [1.54, 1.807) is 0 Å². The number of allylic oxidation sites excluding steroid dienone is 1. The summed E-state index contributed by atoms with van der Waals surface area (Å²) in [5.74, 6) is 0. The van der Waals surface area contributed by atoms with Crippen molar-refractivity contribution in [2.75, 3.05) is 19.4 Å².